The smallest absolute Gasteiger partial charge is 0.142 e. The van der Waals surface area contributed by atoms with E-state index in [1.54, 1.807) is 6.07 Å². The molecule has 0 aromatic heterocycles. The highest BCUT2D eigenvalue weighted by Crippen LogP contribution is 2.21. The summed E-state index contributed by atoms with van der Waals surface area (Å²) < 4.78 is 39.4. The fourth-order valence-electron chi connectivity index (χ4n) is 1.83. The average molecular weight is 286 g/mol. The summed E-state index contributed by atoms with van der Waals surface area (Å²) in [5, 5.41) is 0.0223. The topological polar surface area (TPSA) is 26.0 Å². The molecule has 5 heteroatoms. The Hall–Kier alpha value is -1.52. The first-order chi connectivity index (χ1) is 8.95. The highest BCUT2D eigenvalue weighted by Gasteiger charge is 2.11. The maximum atomic E-state index is 13.3. The van der Waals surface area contributed by atoms with Gasteiger partial charge in [0.15, 0.2) is 0 Å². The molecule has 0 amide bonds. The molecule has 0 fully saturated rings. The van der Waals surface area contributed by atoms with Gasteiger partial charge in [0.25, 0.3) is 0 Å². The molecule has 1 unspecified atom stereocenters. The summed E-state index contributed by atoms with van der Waals surface area (Å²) in [5.74, 6) is -1.92. The van der Waals surface area contributed by atoms with Crippen LogP contribution in [0, 0.1) is 17.5 Å². The van der Waals surface area contributed by atoms with Gasteiger partial charge in [-0.25, -0.2) is 13.2 Å². The Morgan fingerprint density at radius 2 is 1.63 bits per heavy atom. The van der Waals surface area contributed by atoms with Gasteiger partial charge in [0.05, 0.1) is 5.02 Å². The Bertz CT molecular complexity index is 581. The molecule has 0 aliphatic carbocycles. The van der Waals surface area contributed by atoms with Gasteiger partial charge < -0.3 is 5.73 Å². The quantitative estimate of drug-likeness (QED) is 0.906. The predicted octanol–water partition coefficient (Wildman–Crippen LogP) is 4.00. The average Bonchev–Trinajstić information content (AvgIpc) is 2.32. The fraction of sp³-hybridized carbons (Fsp3) is 0.143. The first-order valence-electron chi connectivity index (χ1n) is 5.61. The van der Waals surface area contributed by atoms with Crippen molar-refractivity contribution in [2.75, 3.05) is 0 Å². The minimum Gasteiger partial charge on any atom is -0.324 e. The molecule has 0 radical (unpaired) electrons. The van der Waals surface area contributed by atoms with E-state index in [1.807, 2.05) is 0 Å². The first kappa shape index (κ1) is 13.9. The second-order valence-corrected chi connectivity index (χ2v) is 4.67. The van der Waals surface area contributed by atoms with E-state index in [-0.39, 0.29) is 11.4 Å². The monoisotopic (exact) mass is 285 g/mol. The fourth-order valence-corrected chi connectivity index (χ4v) is 1.95. The SMILES string of the molecule is NC(Cc1ccc(Cl)c(F)c1)c1cc(F)cc(F)c1. The van der Waals surface area contributed by atoms with Gasteiger partial charge in [-0.1, -0.05) is 17.7 Å². The second kappa shape index (κ2) is 5.63. The van der Waals surface area contributed by atoms with Gasteiger partial charge in [0.1, 0.15) is 17.5 Å². The van der Waals surface area contributed by atoms with Crippen LogP contribution in [0.3, 0.4) is 0 Å². The molecule has 0 saturated heterocycles. The number of benzene rings is 2. The van der Waals surface area contributed by atoms with E-state index in [9.17, 15) is 13.2 Å². The van der Waals surface area contributed by atoms with Crippen LogP contribution < -0.4 is 5.73 Å². The minimum absolute atomic E-state index is 0.0223. The molecule has 2 N–H and O–H groups in total. The summed E-state index contributed by atoms with van der Waals surface area (Å²) in [4.78, 5) is 0. The van der Waals surface area contributed by atoms with Gasteiger partial charge in [0.2, 0.25) is 0 Å². The van der Waals surface area contributed by atoms with Gasteiger partial charge in [-0.3, -0.25) is 0 Å². The predicted molar refractivity (Wildman–Crippen MR) is 68.4 cm³/mol. The van der Waals surface area contributed by atoms with Crippen LogP contribution in [0.2, 0.25) is 5.02 Å². The number of hydrogen-bond donors (Lipinski definition) is 1. The molecule has 2 aromatic rings. The van der Waals surface area contributed by atoms with Crippen LogP contribution in [-0.2, 0) is 6.42 Å². The van der Waals surface area contributed by atoms with Crippen LogP contribution >= 0.6 is 11.6 Å². The van der Waals surface area contributed by atoms with Gasteiger partial charge >= 0.3 is 0 Å². The molecule has 0 bridgehead atoms. The van der Waals surface area contributed by atoms with Crippen LogP contribution in [0.5, 0.6) is 0 Å². The van der Waals surface area contributed by atoms with Gasteiger partial charge in [-0.2, -0.15) is 0 Å². The summed E-state index contributed by atoms with van der Waals surface area (Å²) in [6.45, 7) is 0. The summed E-state index contributed by atoms with van der Waals surface area (Å²) in [6, 6.07) is 6.80. The summed E-state index contributed by atoms with van der Waals surface area (Å²) in [6.07, 6.45) is 0.261. The van der Waals surface area contributed by atoms with Crippen molar-refractivity contribution in [2.24, 2.45) is 5.73 Å². The molecule has 0 aliphatic rings. The van der Waals surface area contributed by atoms with Crippen LogP contribution in [-0.4, -0.2) is 0 Å². The Balaban J connectivity index is 2.20. The normalized spacial score (nSPS) is 12.5. The number of rotatable bonds is 3. The van der Waals surface area contributed by atoms with Crippen molar-refractivity contribution in [1.82, 2.24) is 0 Å². The maximum Gasteiger partial charge on any atom is 0.142 e. The molecule has 1 atom stereocenters. The van der Waals surface area contributed by atoms with E-state index in [0.29, 0.717) is 11.1 Å². The molecule has 0 saturated carbocycles. The van der Waals surface area contributed by atoms with Crippen molar-refractivity contribution >= 4 is 11.6 Å². The van der Waals surface area contributed by atoms with Gasteiger partial charge in [-0.15, -0.1) is 0 Å². The van der Waals surface area contributed by atoms with Gasteiger partial charge in [0, 0.05) is 12.1 Å². The van der Waals surface area contributed by atoms with E-state index >= 15 is 0 Å². The van der Waals surface area contributed by atoms with E-state index in [1.165, 1.54) is 24.3 Å². The Kier molecular flexibility index (Phi) is 4.12. The summed E-state index contributed by atoms with van der Waals surface area (Å²) >= 11 is 5.57. The van der Waals surface area contributed by atoms with E-state index in [0.717, 1.165) is 6.07 Å². The Morgan fingerprint density at radius 3 is 2.21 bits per heavy atom. The second-order valence-electron chi connectivity index (χ2n) is 4.26. The minimum atomic E-state index is -0.687. The van der Waals surface area contributed by atoms with Crippen LogP contribution in [0.25, 0.3) is 0 Å². The highest BCUT2D eigenvalue weighted by atomic mass is 35.5. The van der Waals surface area contributed by atoms with E-state index in [2.05, 4.69) is 0 Å². The molecule has 0 spiro atoms. The van der Waals surface area contributed by atoms with Crippen molar-refractivity contribution in [1.29, 1.82) is 0 Å². The van der Waals surface area contributed by atoms with Crippen molar-refractivity contribution < 1.29 is 13.2 Å². The van der Waals surface area contributed by atoms with Crippen molar-refractivity contribution in [3.63, 3.8) is 0 Å². The lowest BCUT2D eigenvalue weighted by molar-refractivity contribution is 0.572. The Morgan fingerprint density at radius 1 is 1.00 bits per heavy atom. The molecule has 19 heavy (non-hydrogen) atoms. The molecule has 100 valence electrons. The third-order valence-electron chi connectivity index (χ3n) is 2.75. The van der Waals surface area contributed by atoms with E-state index in [4.69, 9.17) is 17.3 Å². The largest absolute Gasteiger partial charge is 0.324 e. The van der Waals surface area contributed by atoms with Crippen LogP contribution in [0.1, 0.15) is 17.2 Å². The standard InChI is InChI=1S/C14H11ClF3N/c15-12-2-1-8(3-13(12)18)4-14(19)9-5-10(16)7-11(17)6-9/h1-3,5-7,14H,4,19H2. The molecule has 0 heterocycles. The zero-order valence-corrected chi connectivity index (χ0v) is 10.6. The summed E-state index contributed by atoms with van der Waals surface area (Å²) in [5.41, 5.74) is 6.80. The van der Waals surface area contributed by atoms with Crippen molar-refractivity contribution in [3.8, 4) is 0 Å². The maximum absolute atomic E-state index is 13.3. The lowest BCUT2D eigenvalue weighted by Gasteiger charge is -2.13. The van der Waals surface area contributed by atoms with Gasteiger partial charge in [-0.05, 0) is 41.8 Å². The molecule has 0 aliphatic heterocycles. The number of halogens is 4. The lowest BCUT2D eigenvalue weighted by Crippen LogP contribution is -2.14. The zero-order chi connectivity index (χ0) is 14.0. The van der Waals surface area contributed by atoms with Crippen molar-refractivity contribution in [3.05, 3.63) is 70.0 Å². The van der Waals surface area contributed by atoms with Crippen LogP contribution in [0.15, 0.2) is 36.4 Å². The highest BCUT2D eigenvalue weighted by molar-refractivity contribution is 6.30. The molecule has 2 rings (SSSR count). The molecular weight excluding hydrogens is 275 g/mol. The first-order valence-corrected chi connectivity index (χ1v) is 5.99. The molecule has 2 aromatic carbocycles. The van der Waals surface area contributed by atoms with Crippen LogP contribution in [0.4, 0.5) is 13.2 Å². The third kappa shape index (κ3) is 3.49. The van der Waals surface area contributed by atoms with E-state index < -0.39 is 23.5 Å². The number of nitrogens with two attached hydrogens (primary N) is 1. The molecule has 1 nitrogen and oxygen atoms in total. The summed E-state index contributed by atoms with van der Waals surface area (Å²) in [7, 11) is 0. The lowest BCUT2D eigenvalue weighted by atomic mass is 9.99. The molecular formula is C14H11ClF3N. The Labute approximate surface area is 113 Å². The number of hydrogen-bond acceptors (Lipinski definition) is 1. The zero-order valence-electron chi connectivity index (χ0n) is 9.84. The third-order valence-corrected chi connectivity index (χ3v) is 3.06. The van der Waals surface area contributed by atoms with Crippen molar-refractivity contribution in [2.45, 2.75) is 12.5 Å².